The van der Waals surface area contributed by atoms with E-state index < -0.39 is 0 Å². The minimum atomic E-state index is 0.216. The lowest BCUT2D eigenvalue weighted by atomic mass is 10.2. The van der Waals surface area contributed by atoms with E-state index in [2.05, 4.69) is 4.98 Å². The Kier molecular flexibility index (Phi) is 2.49. The minimum absolute atomic E-state index is 0.216. The Bertz CT molecular complexity index is 734. The standard InChI is InChI=1S/C14H11ClN2O/c1-9-5-6-12-13(15)16-14(17(12)8-9)10-3-2-4-11(18)7-10/h2-8,18H,1H3. The fraction of sp³-hybridized carbons (Fsp3) is 0.0714. The van der Waals surface area contributed by atoms with Gasteiger partial charge in [0.05, 0.1) is 5.52 Å². The van der Waals surface area contributed by atoms with Crippen molar-refractivity contribution in [2.75, 3.05) is 0 Å². The first-order valence-electron chi connectivity index (χ1n) is 5.59. The van der Waals surface area contributed by atoms with Crippen molar-refractivity contribution in [2.24, 2.45) is 0 Å². The quantitative estimate of drug-likeness (QED) is 0.723. The predicted molar refractivity (Wildman–Crippen MR) is 72.0 cm³/mol. The molecule has 3 aromatic rings. The normalized spacial score (nSPS) is 11.0. The molecule has 0 unspecified atom stereocenters. The van der Waals surface area contributed by atoms with Crippen molar-refractivity contribution in [3.8, 4) is 17.1 Å². The molecule has 0 fully saturated rings. The highest BCUT2D eigenvalue weighted by Crippen LogP contribution is 2.27. The summed E-state index contributed by atoms with van der Waals surface area (Å²) in [6.07, 6.45) is 1.98. The molecular weight excluding hydrogens is 248 g/mol. The molecule has 1 aromatic carbocycles. The van der Waals surface area contributed by atoms with E-state index in [1.54, 1.807) is 18.2 Å². The van der Waals surface area contributed by atoms with Crippen molar-refractivity contribution in [1.29, 1.82) is 0 Å². The van der Waals surface area contributed by atoms with Gasteiger partial charge in [-0.2, -0.15) is 0 Å². The van der Waals surface area contributed by atoms with E-state index in [4.69, 9.17) is 11.6 Å². The van der Waals surface area contributed by atoms with Crippen LogP contribution in [0.4, 0.5) is 0 Å². The number of imidazole rings is 1. The highest BCUT2D eigenvalue weighted by atomic mass is 35.5. The van der Waals surface area contributed by atoms with Crippen LogP contribution >= 0.6 is 11.6 Å². The number of phenolic OH excluding ortho intramolecular Hbond substituents is 1. The smallest absolute Gasteiger partial charge is 0.155 e. The van der Waals surface area contributed by atoms with Gasteiger partial charge in [-0.15, -0.1) is 0 Å². The summed E-state index contributed by atoms with van der Waals surface area (Å²) in [5.74, 6) is 0.947. The van der Waals surface area contributed by atoms with Gasteiger partial charge in [-0.1, -0.05) is 29.8 Å². The van der Waals surface area contributed by atoms with Gasteiger partial charge in [0.15, 0.2) is 5.15 Å². The average molecular weight is 259 g/mol. The molecule has 0 amide bonds. The third kappa shape index (κ3) is 1.73. The molecule has 0 saturated heterocycles. The fourth-order valence-corrected chi connectivity index (χ4v) is 2.24. The van der Waals surface area contributed by atoms with Crippen molar-refractivity contribution in [3.05, 3.63) is 53.3 Å². The predicted octanol–water partition coefficient (Wildman–Crippen LogP) is 3.67. The zero-order chi connectivity index (χ0) is 12.7. The number of phenols is 1. The molecule has 0 aliphatic carbocycles. The minimum Gasteiger partial charge on any atom is -0.508 e. The van der Waals surface area contributed by atoms with E-state index in [1.165, 1.54) is 0 Å². The van der Waals surface area contributed by atoms with Gasteiger partial charge in [-0.3, -0.25) is 4.40 Å². The maximum atomic E-state index is 9.54. The molecule has 2 heterocycles. The van der Waals surface area contributed by atoms with Crippen LogP contribution in [0.1, 0.15) is 5.56 Å². The second-order valence-corrected chi connectivity index (χ2v) is 4.60. The number of benzene rings is 1. The molecule has 0 saturated carbocycles. The summed E-state index contributed by atoms with van der Waals surface area (Å²) in [7, 11) is 0. The number of nitrogens with zero attached hydrogens (tertiary/aromatic N) is 2. The molecule has 3 nitrogen and oxygen atoms in total. The van der Waals surface area contributed by atoms with Crippen molar-refractivity contribution >= 4 is 17.1 Å². The highest BCUT2D eigenvalue weighted by molar-refractivity contribution is 6.32. The molecule has 18 heavy (non-hydrogen) atoms. The molecule has 0 radical (unpaired) electrons. The second kappa shape index (κ2) is 4.03. The van der Waals surface area contributed by atoms with Gasteiger partial charge < -0.3 is 5.11 Å². The summed E-state index contributed by atoms with van der Waals surface area (Å²) >= 11 is 6.13. The molecule has 0 aliphatic rings. The molecule has 4 heteroatoms. The zero-order valence-corrected chi connectivity index (χ0v) is 10.5. The van der Waals surface area contributed by atoms with E-state index >= 15 is 0 Å². The van der Waals surface area contributed by atoms with Crippen LogP contribution in [0.3, 0.4) is 0 Å². The van der Waals surface area contributed by atoms with E-state index in [0.29, 0.717) is 5.15 Å². The Morgan fingerprint density at radius 1 is 1.22 bits per heavy atom. The van der Waals surface area contributed by atoms with E-state index in [1.807, 2.05) is 35.7 Å². The maximum Gasteiger partial charge on any atom is 0.155 e. The maximum absolute atomic E-state index is 9.54. The Labute approximate surface area is 109 Å². The van der Waals surface area contributed by atoms with Crippen LogP contribution in [0, 0.1) is 6.92 Å². The number of hydrogen-bond acceptors (Lipinski definition) is 2. The number of hydrogen-bond donors (Lipinski definition) is 1. The van der Waals surface area contributed by atoms with Crippen LogP contribution in [0.2, 0.25) is 5.15 Å². The molecule has 0 bridgehead atoms. The highest BCUT2D eigenvalue weighted by Gasteiger charge is 2.11. The van der Waals surface area contributed by atoms with Crippen LogP contribution in [0.25, 0.3) is 16.9 Å². The Morgan fingerprint density at radius 2 is 2.06 bits per heavy atom. The van der Waals surface area contributed by atoms with Gasteiger partial charge in [-0.25, -0.2) is 4.98 Å². The van der Waals surface area contributed by atoms with Gasteiger partial charge in [0.1, 0.15) is 11.6 Å². The van der Waals surface area contributed by atoms with E-state index in [0.717, 1.165) is 22.5 Å². The van der Waals surface area contributed by atoms with Gasteiger partial charge in [0.2, 0.25) is 0 Å². The number of fused-ring (bicyclic) bond motifs is 1. The topological polar surface area (TPSA) is 37.5 Å². The summed E-state index contributed by atoms with van der Waals surface area (Å²) in [6, 6.07) is 10.9. The molecule has 90 valence electrons. The number of aryl methyl sites for hydroxylation is 1. The average Bonchev–Trinajstić information content (AvgIpc) is 2.66. The molecule has 1 N–H and O–H groups in total. The summed E-state index contributed by atoms with van der Waals surface area (Å²) in [6.45, 7) is 2.01. The summed E-state index contributed by atoms with van der Waals surface area (Å²) < 4.78 is 1.94. The summed E-state index contributed by atoms with van der Waals surface area (Å²) in [5.41, 5.74) is 2.82. The van der Waals surface area contributed by atoms with Crippen LogP contribution in [0.5, 0.6) is 5.75 Å². The van der Waals surface area contributed by atoms with E-state index in [-0.39, 0.29) is 5.75 Å². The molecule has 2 aromatic heterocycles. The van der Waals surface area contributed by atoms with Crippen LogP contribution in [0.15, 0.2) is 42.6 Å². The largest absolute Gasteiger partial charge is 0.508 e. The monoisotopic (exact) mass is 258 g/mol. The molecule has 0 atom stereocenters. The van der Waals surface area contributed by atoms with Crippen LogP contribution in [-0.4, -0.2) is 14.5 Å². The number of pyridine rings is 1. The van der Waals surface area contributed by atoms with Gasteiger partial charge in [0.25, 0.3) is 0 Å². The van der Waals surface area contributed by atoms with Crippen molar-refractivity contribution in [2.45, 2.75) is 6.92 Å². The number of aromatic nitrogens is 2. The lowest BCUT2D eigenvalue weighted by Crippen LogP contribution is -1.90. The lowest BCUT2D eigenvalue weighted by molar-refractivity contribution is 0.475. The second-order valence-electron chi connectivity index (χ2n) is 4.24. The Hall–Kier alpha value is -2.00. The number of rotatable bonds is 1. The summed E-state index contributed by atoms with van der Waals surface area (Å²) in [4.78, 5) is 4.36. The van der Waals surface area contributed by atoms with Crippen LogP contribution in [-0.2, 0) is 0 Å². The van der Waals surface area contributed by atoms with Crippen LogP contribution < -0.4 is 0 Å². The van der Waals surface area contributed by atoms with Crippen molar-refractivity contribution < 1.29 is 5.11 Å². The molecule has 0 spiro atoms. The first-order valence-corrected chi connectivity index (χ1v) is 5.96. The molecule has 0 aliphatic heterocycles. The summed E-state index contributed by atoms with van der Waals surface area (Å²) in [5, 5.41) is 10.0. The van der Waals surface area contributed by atoms with Gasteiger partial charge >= 0.3 is 0 Å². The first kappa shape index (κ1) is 11.1. The van der Waals surface area contributed by atoms with Crippen molar-refractivity contribution in [3.63, 3.8) is 0 Å². The SMILES string of the molecule is Cc1ccc2c(Cl)nc(-c3cccc(O)c3)n2c1. The number of aromatic hydroxyl groups is 1. The fourth-order valence-electron chi connectivity index (χ4n) is 2.00. The Balaban J connectivity index is 2.32. The lowest BCUT2D eigenvalue weighted by Gasteiger charge is -2.02. The molecular formula is C14H11ClN2O. The third-order valence-corrected chi connectivity index (χ3v) is 3.12. The van der Waals surface area contributed by atoms with Gasteiger partial charge in [-0.05, 0) is 30.7 Å². The third-order valence-electron chi connectivity index (χ3n) is 2.84. The van der Waals surface area contributed by atoms with Crippen molar-refractivity contribution in [1.82, 2.24) is 9.38 Å². The number of halogens is 1. The molecule has 3 rings (SSSR count). The first-order chi connectivity index (χ1) is 8.65. The zero-order valence-electron chi connectivity index (χ0n) is 9.76. The van der Waals surface area contributed by atoms with Gasteiger partial charge in [0, 0.05) is 11.8 Å². The van der Waals surface area contributed by atoms with E-state index in [9.17, 15) is 5.11 Å². The Morgan fingerprint density at radius 3 is 2.83 bits per heavy atom.